The number of nitrogens with zero attached hydrogens (tertiary/aromatic N) is 2. The van der Waals surface area contributed by atoms with Gasteiger partial charge in [-0.2, -0.15) is 0 Å². The van der Waals surface area contributed by atoms with Gasteiger partial charge in [-0.3, -0.25) is 9.36 Å². The van der Waals surface area contributed by atoms with Gasteiger partial charge in [-0.15, -0.1) is 0 Å². The Morgan fingerprint density at radius 3 is 2.13 bits per heavy atom. The lowest BCUT2D eigenvalue weighted by Gasteiger charge is -2.17. The Kier molecular flexibility index (Phi) is 8.91. The van der Waals surface area contributed by atoms with Gasteiger partial charge in [0.2, 0.25) is 12.2 Å². The van der Waals surface area contributed by atoms with Crippen LogP contribution in [-0.4, -0.2) is 40.3 Å². The number of benzene rings is 3. The number of carboxylic acids is 1. The van der Waals surface area contributed by atoms with Crippen LogP contribution in [0.1, 0.15) is 57.3 Å². The van der Waals surface area contributed by atoms with Crippen molar-refractivity contribution >= 4 is 11.9 Å². The van der Waals surface area contributed by atoms with Crippen LogP contribution in [0, 0.1) is 0 Å². The average molecular weight is 529 g/mol. The summed E-state index contributed by atoms with van der Waals surface area (Å²) in [6, 6.07) is 23.5. The predicted octanol–water partition coefficient (Wildman–Crippen LogP) is 5.19. The van der Waals surface area contributed by atoms with Crippen LogP contribution in [0.25, 0.3) is 11.1 Å². The smallest absolute Gasteiger partial charge is 0.336 e. The molecule has 1 heterocycles. The molecule has 0 atom stereocenters. The maximum absolute atomic E-state index is 13.8. The van der Waals surface area contributed by atoms with Crippen molar-refractivity contribution in [2.24, 2.45) is 0 Å². The number of aromatic carboxylic acids is 1. The first-order chi connectivity index (χ1) is 18.9. The summed E-state index contributed by atoms with van der Waals surface area (Å²) in [7, 11) is 2.96. The van der Waals surface area contributed by atoms with Crippen molar-refractivity contribution in [3.05, 3.63) is 117 Å². The van der Waals surface area contributed by atoms with Crippen LogP contribution in [0.3, 0.4) is 0 Å². The number of carbonyl (C=O) groups excluding carboxylic acids is 1. The number of aromatic nitrogens is 2. The third kappa shape index (κ3) is 5.92. The molecule has 202 valence electrons. The molecular formula is C31H32N2O6. The summed E-state index contributed by atoms with van der Waals surface area (Å²) in [4.78, 5) is 38.9. The molecule has 8 heteroatoms. The number of methoxy groups -OCH3 is 2. The monoisotopic (exact) mass is 528 g/mol. The van der Waals surface area contributed by atoms with E-state index in [2.05, 4.69) is 0 Å². The van der Waals surface area contributed by atoms with Crippen molar-refractivity contribution in [1.82, 2.24) is 9.13 Å². The van der Waals surface area contributed by atoms with Gasteiger partial charge < -0.3 is 14.6 Å². The first kappa shape index (κ1) is 27.8. The minimum Gasteiger partial charge on any atom is -0.478 e. The molecular weight excluding hydrogens is 496 g/mol. The summed E-state index contributed by atoms with van der Waals surface area (Å²) in [6.45, 7) is 2.23. The zero-order chi connectivity index (χ0) is 27.9. The molecule has 0 aliphatic rings. The number of imidazole rings is 1. The Bertz CT molecular complexity index is 1500. The van der Waals surface area contributed by atoms with Crippen molar-refractivity contribution in [2.45, 2.75) is 39.0 Å². The molecule has 0 aliphatic heterocycles. The highest BCUT2D eigenvalue weighted by Gasteiger charge is 2.29. The van der Waals surface area contributed by atoms with E-state index >= 15 is 0 Å². The predicted molar refractivity (Wildman–Crippen MR) is 148 cm³/mol. The molecule has 1 N–H and O–H groups in total. The first-order valence-electron chi connectivity index (χ1n) is 12.8. The zero-order valence-corrected chi connectivity index (χ0v) is 22.3. The van der Waals surface area contributed by atoms with Gasteiger partial charge in [-0.1, -0.05) is 86.1 Å². The molecule has 4 rings (SSSR count). The molecule has 1 aromatic heterocycles. The SMILES string of the molecule is CCCc1c(C(OC)OC)n(C(=O)Cc2ccccc2)c(=O)n1Cc1ccc(-c2ccccc2C(=O)O)cc1. The summed E-state index contributed by atoms with van der Waals surface area (Å²) >= 11 is 0. The number of hydrogen-bond acceptors (Lipinski definition) is 5. The third-order valence-electron chi connectivity index (χ3n) is 6.63. The Morgan fingerprint density at radius 1 is 0.872 bits per heavy atom. The Labute approximate surface area is 227 Å². The van der Waals surface area contributed by atoms with E-state index in [0.29, 0.717) is 23.4 Å². The lowest BCUT2D eigenvalue weighted by molar-refractivity contribution is -0.110. The van der Waals surface area contributed by atoms with Crippen molar-refractivity contribution in [3.63, 3.8) is 0 Å². The molecule has 0 saturated carbocycles. The van der Waals surface area contributed by atoms with Crippen LogP contribution in [-0.2, 0) is 28.9 Å². The van der Waals surface area contributed by atoms with Gasteiger partial charge in [0.15, 0.2) is 0 Å². The molecule has 0 fully saturated rings. The molecule has 0 amide bonds. The molecule has 4 aromatic rings. The number of hydrogen-bond donors (Lipinski definition) is 1. The minimum absolute atomic E-state index is 0.0567. The fourth-order valence-electron chi connectivity index (χ4n) is 4.81. The van der Waals surface area contributed by atoms with Gasteiger partial charge in [0, 0.05) is 19.9 Å². The van der Waals surface area contributed by atoms with Crippen molar-refractivity contribution in [1.29, 1.82) is 0 Å². The van der Waals surface area contributed by atoms with Gasteiger partial charge >= 0.3 is 11.7 Å². The second-order valence-electron chi connectivity index (χ2n) is 9.19. The Hall–Kier alpha value is -4.27. The third-order valence-corrected chi connectivity index (χ3v) is 6.63. The molecule has 0 spiro atoms. The number of carbonyl (C=O) groups is 2. The Morgan fingerprint density at radius 2 is 1.51 bits per heavy atom. The molecule has 0 unspecified atom stereocenters. The summed E-state index contributed by atoms with van der Waals surface area (Å²) in [6.07, 6.45) is 0.453. The summed E-state index contributed by atoms with van der Waals surface area (Å²) in [5.41, 5.74) is 3.85. The first-order valence-corrected chi connectivity index (χ1v) is 12.8. The summed E-state index contributed by atoms with van der Waals surface area (Å²) in [5.74, 6) is -1.36. The number of rotatable bonds is 11. The van der Waals surface area contributed by atoms with Crippen LogP contribution >= 0.6 is 0 Å². The standard InChI is InChI=1S/C31H32N2O6/c1-4-10-26-28(30(38-2)39-3)33(27(34)19-21-11-6-5-7-12-21)31(37)32(26)20-22-15-17-23(18-16-22)24-13-8-9-14-25(24)29(35)36/h5-9,11-18,30H,4,10,19-20H2,1-3H3,(H,35,36). The van der Waals surface area contributed by atoms with E-state index in [-0.39, 0.29) is 24.4 Å². The maximum Gasteiger partial charge on any atom is 0.336 e. The van der Waals surface area contributed by atoms with Gasteiger partial charge in [0.05, 0.1) is 18.5 Å². The van der Waals surface area contributed by atoms with Crippen LogP contribution in [0.4, 0.5) is 0 Å². The molecule has 0 radical (unpaired) electrons. The van der Waals surface area contributed by atoms with Gasteiger partial charge in [0.25, 0.3) is 0 Å². The molecule has 3 aromatic carbocycles. The van der Waals surface area contributed by atoms with Gasteiger partial charge in [-0.25, -0.2) is 14.2 Å². The largest absolute Gasteiger partial charge is 0.478 e. The van der Waals surface area contributed by atoms with Gasteiger partial charge in [-0.05, 0) is 34.7 Å². The lowest BCUT2D eigenvalue weighted by atomic mass is 9.99. The molecule has 0 saturated heterocycles. The summed E-state index contributed by atoms with van der Waals surface area (Å²) < 4.78 is 13.9. The van der Waals surface area contributed by atoms with E-state index in [1.54, 1.807) is 28.8 Å². The highest BCUT2D eigenvalue weighted by Crippen LogP contribution is 2.26. The fraction of sp³-hybridized carbons (Fsp3) is 0.258. The number of ether oxygens (including phenoxy) is 2. The average Bonchev–Trinajstić information content (AvgIpc) is 3.21. The normalized spacial score (nSPS) is 11.2. The zero-order valence-electron chi connectivity index (χ0n) is 22.3. The van der Waals surface area contributed by atoms with Crippen LogP contribution in [0.2, 0.25) is 0 Å². The van der Waals surface area contributed by atoms with E-state index < -0.39 is 17.9 Å². The fourth-order valence-corrected chi connectivity index (χ4v) is 4.81. The van der Waals surface area contributed by atoms with E-state index in [1.165, 1.54) is 18.8 Å². The van der Waals surface area contributed by atoms with Crippen molar-refractivity contribution in [2.75, 3.05) is 14.2 Å². The molecule has 8 nitrogen and oxygen atoms in total. The molecule has 39 heavy (non-hydrogen) atoms. The van der Waals surface area contributed by atoms with Crippen LogP contribution in [0.15, 0.2) is 83.7 Å². The topological polar surface area (TPSA) is 99.8 Å². The minimum atomic E-state index is -0.995. The van der Waals surface area contributed by atoms with E-state index in [9.17, 15) is 19.5 Å². The van der Waals surface area contributed by atoms with Crippen molar-refractivity contribution in [3.8, 4) is 11.1 Å². The number of carboxylic acid groups (broad SMARTS) is 1. The van der Waals surface area contributed by atoms with Crippen LogP contribution in [0.5, 0.6) is 0 Å². The maximum atomic E-state index is 13.8. The van der Waals surface area contributed by atoms with Crippen molar-refractivity contribution < 1.29 is 24.2 Å². The highest BCUT2D eigenvalue weighted by molar-refractivity contribution is 5.96. The quantitative estimate of drug-likeness (QED) is 0.269. The molecule has 0 bridgehead atoms. The lowest BCUT2D eigenvalue weighted by Crippen LogP contribution is -2.32. The summed E-state index contributed by atoms with van der Waals surface area (Å²) in [5, 5.41) is 9.55. The second-order valence-corrected chi connectivity index (χ2v) is 9.19. The van der Waals surface area contributed by atoms with E-state index in [4.69, 9.17) is 9.47 Å². The van der Waals surface area contributed by atoms with E-state index in [0.717, 1.165) is 23.1 Å². The molecule has 0 aliphatic carbocycles. The Balaban J connectivity index is 1.76. The van der Waals surface area contributed by atoms with Crippen LogP contribution < -0.4 is 5.69 Å². The van der Waals surface area contributed by atoms with E-state index in [1.807, 2.05) is 61.5 Å². The highest BCUT2D eigenvalue weighted by atomic mass is 16.7. The van der Waals surface area contributed by atoms with Gasteiger partial charge in [0.1, 0.15) is 5.69 Å². The second kappa shape index (κ2) is 12.5.